The molecular weight excluding hydrogens is 332 g/mol. The van der Waals surface area contributed by atoms with E-state index in [9.17, 15) is 10.1 Å². The Bertz CT molecular complexity index is 611. The van der Waals surface area contributed by atoms with Crippen molar-refractivity contribution in [3.63, 3.8) is 0 Å². The Kier molecular flexibility index (Phi) is 5.09. The summed E-state index contributed by atoms with van der Waals surface area (Å²) in [7, 11) is 0. The van der Waals surface area contributed by atoms with Crippen LogP contribution in [0, 0.1) is 10.1 Å². The van der Waals surface area contributed by atoms with E-state index < -0.39 is 0 Å². The van der Waals surface area contributed by atoms with Crippen molar-refractivity contribution in [2.75, 3.05) is 0 Å². The molecular formula is C16H17BrN2O2. The molecule has 2 aromatic carbocycles. The fourth-order valence-electron chi connectivity index (χ4n) is 2.20. The third kappa shape index (κ3) is 4.12. The van der Waals surface area contributed by atoms with E-state index in [2.05, 4.69) is 47.2 Å². The normalized spacial score (nSPS) is 13.7. The molecule has 0 aliphatic rings. The Morgan fingerprint density at radius 1 is 0.952 bits per heavy atom. The lowest BCUT2D eigenvalue weighted by Gasteiger charge is -2.20. The van der Waals surface area contributed by atoms with Crippen LogP contribution in [0.25, 0.3) is 0 Å². The van der Waals surface area contributed by atoms with Crippen molar-refractivity contribution in [2.24, 2.45) is 0 Å². The zero-order valence-electron chi connectivity index (χ0n) is 11.9. The predicted octanol–water partition coefficient (Wildman–Crippen LogP) is 4.77. The largest absolute Gasteiger partial charge is 0.304 e. The van der Waals surface area contributed by atoms with E-state index in [-0.39, 0.29) is 22.7 Å². The number of benzene rings is 2. The van der Waals surface area contributed by atoms with E-state index >= 15 is 0 Å². The summed E-state index contributed by atoms with van der Waals surface area (Å²) < 4.78 is 1.06. The number of halogens is 1. The van der Waals surface area contributed by atoms with Crippen LogP contribution in [-0.2, 0) is 0 Å². The maximum absolute atomic E-state index is 10.7. The number of rotatable bonds is 5. The molecule has 0 saturated heterocycles. The first kappa shape index (κ1) is 15.7. The molecule has 0 spiro atoms. The molecule has 110 valence electrons. The van der Waals surface area contributed by atoms with Gasteiger partial charge in [-0.2, -0.15) is 0 Å². The fourth-order valence-corrected chi connectivity index (χ4v) is 2.47. The molecule has 0 saturated carbocycles. The highest BCUT2D eigenvalue weighted by atomic mass is 79.9. The summed E-state index contributed by atoms with van der Waals surface area (Å²) in [6.45, 7) is 4.15. The summed E-state index contributed by atoms with van der Waals surface area (Å²) in [5.41, 5.74) is 2.35. The summed E-state index contributed by atoms with van der Waals surface area (Å²) in [6.07, 6.45) is 0. The lowest BCUT2D eigenvalue weighted by Crippen LogP contribution is -2.22. The van der Waals surface area contributed by atoms with Crippen molar-refractivity contribution < 1.29 is 4.92 Å². The van der Waals surface area contributed by atoms with E-state index in [1.807, 2.05) is 12.1 Å². The van der Waals surface area contributed by atoms with Gasteiger partial charge < -0.3 is 5.32 Å². The second kappa shape index (κ2) is 6.83. The van der Waals surface area contributed by atoms with Crippen molar-refractivity contribution >= 4 is 21.6 Å². The third-order valence-electron chi connectivity index (χ3n) is 3.47. The van der Waals surface area contributed by atoms with Gasteiger partial charge in [-0.1, -0.05) is 40.2 Å². The van der Waals surface area contributed by atoms with Gasteiger partial charge in [0.15, 0.2) is 0 Å². The molecule has 4 nitrogen and oxygen atoms in total. The van der Waals surface area contributed by atoms with Gasteiger partial charge in [0.25, 0.3) is 5.69 Å². The topological polar surface area (TPSA) is 55.2 Å². The number of non-ortho nitro benzene ring substituents is 1. The highest BCUT2D eigenvalue weighted by Gasteiger charge is 2.12. The molecule has 2 aromatic rings. The number of nitro groups is 1. The van der Waals surface area contributed by atoms with E-state index in [1.165, 1.54) is 17.7 Å². The molecule has 0 fully saturated rings. The minimum atomic E-state index is -0.383. The van der Waals surface area contributed by atoms with Crippen molar-refractivity contribution in [1.29, 1.82) is 0 Å². The lowest BCUT2D eigenvalue weighted by molar-refractivity contribution is -0.384. The van der Waals surface area contributed by atoms with Gasteiger partial charge >= 0.3 is 0 Å². The van der Waals surface area contributed by atoms with Gasteiger partial charge in [-0.15, -0.1) is 0 Å². The number of nitro benzene ring substituents is 1. The van der Waals surface area contributed by atoms with Crippen LogP contribution in [0.15, 0.2) is 53.0 Å². The lowest BCUT2D eigenvalue weighted by atomic mass is 10.0. The molecule has 0 aliphatic heterocycles. The van der Waals surface area contributed by atoms with E-state index in [4.69, 9.17) is 0 Å². The molecule has 21 heavy (non-hydrogen) atoms. The summed E-state index contributed by atoms with van der Waals surface area (Å²) in [6, 6.07) is 15.2. The average Bonchev–Trinajstić information content (AvgIpc) is 2.47. The quantitative estimate of drug-likeness (QED) is 0.625. The van der Waals surface area contributed by atoms with Gasteiger partial charge in [0.05, 0.1) is 4.92 Å². The molecule has 0 amide bonds. The predicted molar refractivity (Wildman–Crippen MR) is 87.2 cm³/mol. The van der Waals surface area contributed by atoms with Gasteiger partial charge in [0.2, 0.25) is 0 Å². The van der Waals surface area contributed by atoms with Crippen molar-refractivity contribution in [3.8, 4) is 0 Å². The maximum Gasteiger partial charge on any atom is 0.269 e. The zero-order chi connectivity index (χ0) is 15.4. The highest BCUT2D eigenvalue weighted by molar-refractivity contribution is 9.10. The highest BCUT2D eigenvalue weighted by Crippen LogP contribution is 2.22. The van der Waals surface area contributed by atoms with Crippen LogP contribution < -0.4 is 5.32 Å². The van der Waals surface area contributed by atoms with E-state index in [0.717, 1.165) is 10.0 Å². The van der Waals surface area contributed by atoms with Crippen molar-refractivity contribution in [1.82, 2.24) is 5.32 Å². The summed E-state index contributed by atoms with van der Waals surface area (Å²) in [5, 5.41) is 14.2. The summed E-state index contributed by atoms with van der Waals surface area (Å²) in [4.78, 5) is 10.3. The smallest absolute Gasteiger partial charge is 0.269 e. The Labute approximate surface area is 132 Å². The Morgan fingerprint density at radius 2 is 1.38 bits per heavy atom. The average molecular weight is 349 g/mol. The van der Waals surface area contributed by atoms with Gasteiger partial charge in [-0.05, 0) is 37.1 Å². The van der Waals surface area contributed by atoms with Crippen LogP contribution in [0.3, 0.4) is 0 Å². The fraction of sp³-hybridized carbons (Fsp3) is 0.250. The Morgan fingerprint density at radius 3 is 1.81 bits per heavy atom. The van der Waals surface area contributed by atoms with Gasteiger partial charge in [-0.3, -0.25) is 10.1 Å². The van der Waals surface area contributed by atoms with E-state index in [0.29, 0.717) is 0 Å². The first-order valence-corrected chi connectivity index (χ1v) is 7.52. The molecule has 2 rings (SSSR count). The first-order chi connectivity index (χ1) is 9.97. The third-order valence-corrected chi connectivity index (χ3v) is 4.00. The monoisotopic (exact) mass is 348 g/mol. The van der Waals surface area contributed by atoms with E-state index in [1.54, 1.807) is 12.1 Å². The molecule has 1 unspecified atom stereocenters. The molecule has 0 bridgehead atoms. The van der Waals surface area contributed by atoms with Crippen molar-refractivity contribution in [2.45, 2.75) is 25.9 Å². The van der Waals surface area contributed by atoms with Gasteiger partial charge in [0, 0.05) is 28.7 Å². The SMILES string of the molecule is CC(N[C@H](C)c1ccc(Br)cc1)c1ccc([N+](=O)[O-])cc1. The molecule has 2 atom stereocenters. The minimum Gasteiger partial charge on any atom is -0.304 e. The summed E-state index contributed by atoms with van der Waals surface area (Å²) >= 11 is 3.43. The number of hydrogen-bond donors (Lipinski definition) is 1. The van der Waals surface area contributed by atoms with Crippen LogP contribution in [0.4, 0.5) is 5.69 Å². The first-order valence-electron chi connectivity index (χ1n) is 6.73. The molecule has 0 radical (unpaired) electrons. The van der Waals surface area contributed by atoms with Crippen LogP contribution in [0.1, 0.15) is 37.1 Å². The minimum absolute atomic E-state index is 0.115. The van der Waals surface area contributed by atoms with Crippen LogP contribution in [0.2, 0.25) is 0 Å². The molecule has 1 N–H and O–H groups in total. The van der Waals surface area contributed by atoms with Gasteiger partial charge in [0.1, 0.15) is 0 Å². The van der Waals surface area contributed by atoms with Crippen LogP contribution in [0.5, 0.6) is 0 Å². The number of hydrogen-bond acceptors (Lipinski definition) is 3. The molecule has 0 aliphatic carbocycles. The summed E-state index contributed by atoms with van der Waals surface area (Å²) in [5.74, 6) is 0. The van der Waals surface area contributed by atoms with Gasteiger partial charge in [-0.25, -0.2) is 0 Å². The Balaban J connectivity index is 2.04. The maximum atomic E-state index is 10.7. The van der Waals surface area contributed by atoms with Crippen LogP contribution in [-0.4, -0.2) is 4.92 Å². The standard InChI is InChI=1S/C16H17BrN2O2/c1-11(13-3-7-15(17)8-4-13)18-12(2)14-5-9-16(10-6-14)19(20)21/h3-12,18H,1-2H3/t11-,12?/m1/s1. The second-order valence-electron chi connectivity index (χ2n) is 5.01. The second-order valence-corrected chi connectivity index (χ2v) is 5.93. The van der Waals surface area contributed by atoms with Crippen molar-refractivity contribution in [3.05, 3.63) is 74.2 Å². The molecule has 0 heterocycles. The van der Waals surface area contributed by atoms with Crippen LogP contribution >= 0.6 is 15.9 Å². The molecule has 5 heteroatoms. The molecule has 0 aromatic heterocycles. The Hall–Kier alpha value is -1.72. The number of nitrogens with zero attached hydrogens (tertiary/aromatic N) is 1. The number of nitrogens with one attached hydrogen (secondary N) is 1. The zero-order valence-corrected chi connectivity index (χ0v) is 13.5.